The lowest BCUT2D eigenvalue weighted by Gasteiger charge is -2.35. The Bertz CT molecular complexity index is 1230. The van der Waals surface area contributed by atoms with E-state index in [0.717, 1.165) is 53.1 Å². The lowest BCUT2D eigenvalue weighted by atomic mass is 9.87. The van der Waals surface area contributed by atoms with Gasteiger partial charge in [0.15, 0.2) is 5.82 Å². The number of hydrogen-bond acceptors (Lipinski definition) is 7. The predicted molar refractivity (Wildman–Crippen MR) is 124 cm³/mol. The topological polar surface area (TPSA) is 88.5 Å². The molecule has 1 aliphatic heterocycles. The lowest BCUT2D eigenvalue weighted by Crippen LogP contribution is -2.47. The Morgan fingerprint density at radius 2 is 1.62 bits per heavy atom. The van der Waals surface area contributed by atoms with Gasteiger partial charge in [-0.25, -0.2) is 23.9 Å². The quantitative estimate of drug-likeness (QED) is 0.464. The van der Waals surface area contributed by atoms with E-state index in [1.807, 2.05) is 23.7 Å². The number of piperazine rings is 1. The maximum absolute atomic E-state index is 13.3. The van der Waals surface area contributed by atoms with Crippen molar-refractivity contribution < 1.29 is 4.39 Å². The molecular weight excluding hydrogens is 475 g/mol. The Balaban J connectivity index is 1.29. The summed E-state index contributed by atoms with van der Waals surface area (Å²) in [6.07, 6.45) is 7.01. The van der Waals surface area contributed by atoms with Crippen LogP contribution in [0.2, 0.25) is 0 Å². The number of nitrogens with zero attached hydrogens (tertiary/aromatic N) is 7. The first-order valence-corrected chi connectivity index (χ1v) is 11.1. The van der Waals surface area contributed by atoms with Crippen molar-refractivity contribution in [1.29, 1.82) is 0 Å². The van der Waals surface area contributed by atoms with Crippen LogP contribution >= 0.6 is 15.9 Å². The first-order chi connectivity index (χ1) is 15.4. The number of rotatable bonds is 4. The molecule has 3 aromatic heterocycles. The van der Waals surface area contributed by atoms with Crippen molar-refractivity contribution in [2.45, 2.75) is 12.5 Å². The Labute approximate surface area is 193 Å². The van der Waals surface area contributed by atoms with Crippen LogP contribution < -0.4 is 15.5 Å². The Kier molecular flexibility index (Phi) is 5.26. The van der Waals surface area contributed by atoms with Gasteiger partial charge >= 0.3 is 0 Å². The van der Waals surface area contributed by atoms with Crippen LogP contribution in [-0.4, -0.2) is 50.7 Å². The molecule has 0 spiro atoms. The van der Waals surface area contributed by atoms with Crippen LogP contribution in [0.1, 0.15) is 18.1 Å². The minimum absolute atomic E-state index is 0.289. The van der Waals surface area contributed by atoms with Gasteiger partial charge in [0.2, 0.25) is 5.95 Å². The van der Waals surface area contributed by atoms with Crippen molar-refractivity contribution in [3.8, 4) is 0 Å². The molecule has 2 N–H and O–H groups in total. The molecular formula is C22H22BrFN8. The summed E-state index contributed by atoms with van der Waals surface area (Å²) >= 11 is 3.50. The molecule has 5 rings (SSSR count). The Hall–Kier alpha value is -3.11. The smallest absolute Gasteiger partial charge is 0.225 e. The number of anilines is 2. The second-order valence-corrected chi connectivity index (χ2v) is 8.94. The van der Waals surface area contributed by atoms with E-state index in [4.69, 9.17) is 5.73 Å². The van der Waals surface area contributed by atoms with Crippen LogP contribution in [0, 0.1) is 5.82 Å². The number of benzene rings is 1. The van der Waals surface area contributed by atoms with E-state index < -0.39 is 5.54 Å². The molecule has 1 aliphatic rings. The normalized spacial score (nSPS) is 16.4. The molecule has 10 heteroatoms. The summed E-state index contributed by atoms with van der Waals surface area (Å²) in [5, 5.41) is 4.26. The first kappa shape index (κ1) is 20.8. The highest BCUT2D eigenvalue weighted by atomic mass is 79.9. The van der Waals surface area contributed by atoms with Crippen molar-refractivity contribution >= 4 is 33.2 Å². The van der Waals surface area contributed by atoms with E-state index in [-0.39, 0.29) is 5.82 Å². The average molecular weight is 497 g/mol. The second-order valence-electron chi connectivity index (χ2n) is 8.03. The predicted octanol–water partition coefficient (Wildman–Crippen LogP) is 2.97. The van der Waals surface area contributed by atoms with Gasteiger partial charge in [-0.1, -0.05) is 12.1 Å². The Morgan fingerprint density at radius 1 is 0.969 bits per heavy atom. The van der Waals surface area contributed by atoms with E-state index in [0.29, 0.717) is 5.95 Å². The minimum Gasteiger partial charge on any atom is -0.351 e. The van der Waals surface area contributed by atoms with Gasteiger partial charge in [0.1, 0.15) is 17.7 Å². The third-order valence-electron chi connectivity index (χ3n) is 5.90. The van der Waals surface area contributed by atoms with Gasteiger partial charge in [0.05, 0.1) is 5.54 Å². The fourth-order valence-corrected chi connectivity index (χ4v) is 4.37. The van der Waals surface area contributed by atoms with Crippen LogP contribution in [0.3, 0.4) is 0 Å². The van der Waals surface area contributed by atoms with Crippen LogP contribution in [0.15, 0.2) is 59.7 Å². The molecule has 32 heavy (non-hydrogen) atoms. The van der Waals surface area contributed by atoms with E-state index in [1.54, 1.807) is 30.9 Å². The molecule has 1 saturated heterocycles. The molecule has 0 radical (unpaired) electrons. The fourth-order valence-electron chi connectivity index (χ4n) is 3.96. The van der Waals surface area contributed by atoms with Crippen LogP contribution in [0.5, 0.6) is 0 Å². The van der Waals surface area contributed by atoms with Gasteiger partial charge < -0.3 is 15.5 Å². The summed E-state index contributed by atoms with van der Waals surface area (Å²) in [5.41, 5.74) is 8.26. The number of halogens is 2. The summed E-state index contributed by atoms with van der Waals surface area (Å²) in [7, 11) is 0. The molecule has 1 fully saturated rings. The largest absolute Gasteiger partial charge is 0.351 e. The van der Waals surface area contributed by atoms with Crippen molar-refractivity contribution in [3.05, 3.63) is 76.7 Å². The highest BCUT2D eigenvalue weighted by Gasteiger charge is 2.26. The molecule has 8 nitrogen and oxygen atoms in total. The van der Waals surface area contributed by atoms with E-state index in [1.165, 1.54) is 12.1 Å². The summed E-state index contributed by atoms with van der Waals surface area (Å²) in [5.74, 6) is 1.30. The zero-order valence-electron chi connectivity index (χ0n) is 17.5. The van der Waals surface area contributed by atoms with Gasteiger partial charge in [-0.2, -0.15) is 5.10 Å². The summed E-state index contributed by atoms with van der Waals surface area (Å²) in [4.78, 5) is 18.0. The van der Waals surface area contributed by atoms with Crippen LogP contribution in [-0.2, 0) is 5.54 Å². The molecule has 4 aromatic rings. The van der Waals surface area contributed by atoms with Crippen molar-refractivity contribution in [2.75, 3.05) is 36.0 Å². The van der Waals surface area contributed by atoms with E-state index in [2.05, 4.69) is 45.8 Å². The third kappa shape index (κ3) is 3.80. The highest BCUT2D eigenvalue weighted by molar-refractivity contribution is 9.10. The summed E-state index contributed by atoms with van der Waals surface area (Å²) in [6, 6.07) is 8.22. The molecule has 164 valence electrons. The molecule has 0 bridgehead atoms. The number of hydrogen-bond donors (Lipinski definition) is 1. The average Bonchev–Trinajstić information content (AvgIpc) is 3.20. The Morgan fingerprint density at radius 3 is 2.31 bits per heavy atom. The SMILES string of the molecule is C[C@](N)(c1ccc(F)cc1)c1cnc(N2CCN(c3ncnn4cc(Br)cc34)CC2)nc1. The van der Waals surface area contributed by atoms with Crippen molar-refractivity contribution in [1.82, 2.24) is 24.6 Å². The second kappa shape index (κ2) is 8.10. The maximum Gasteiger partial charge on any atom is 0.225 e. The molecule has 0 unspecified atom stereocenters. The van der Waals surface area contributed by atoms with E-state index >= 15 is 0 Å². The summed E-state index contributed by atoms with van der Waals surface area (Å²) < 4.78 is 16.1. The zero-order chi connectivity index (χ0) is 22.3. The monoisotopic (exact) mass is 496 g/mol. The molecule has 4 heterocycles. The fraction of sp³-hybridized carbons (Fsp3) is 0.273. The van der Waals surface area contributed by atoms with Crippen LogP contribution in [0.4, 0.5) is 16.2 Å². The van der Waals surface area contributed by atoms with Gasteiger partial charge in [0, 0.05) is 54.8 Å². The van der Waals surface area contributed by atoms with Crippen LogP contribution in [0.25, 0.3) is 5.52 Å². The first-order valence-electron chi connectivity index (χ1n) is 10.3. The van der Waals surface area contributed by atoms with Gasteiger partial charge in [0.25, 0.3) is 0 Å². The minimum atomic E-state index is -0.811. The molecule has 0 saturated carbocycles. The molecule has 1 aromatic carbocycles. The van der Waals surface area contributed by atoms with Crippen molar-refractivity contribution in [2.24, 2.45) is 5.73 Å². The molecule has 0 aliphatic carbocycles. The van der Waals surface area contributed by atoms with Gasteiger partial charge in [-0.15, -0.1) is 0 Å². The number of nitrogens with two attached hydrogens (primary N) is 1. The van der Waals surface area contributed by atoms with Gasteiger partial charge in [-0.05, 0) is 46.6 Å². The highest BCUT2D eigenvalue weighted by Crippen LogP contribution is 2.27. The van der Waals surface area contributed by atoms with E-state index in [9.17, 15) is 4.39 Å². The van der Waals surface area contributed by atoms with Crippen molar-refractivity contribution in [3.63, 3.8) is 0 Å². The number of aromatic nitrogens is 5. The summed E-state index contributed by atoms with van der Waals surface area (Å²) in [6.45, 7) is 5.01. The third-order valence-corrected chi connectivity index (χ3v) is 6.33. The molecule has 0 amide bonds. The lowest BCUT2D eigenvalue weighted by molar-refractivity contribution is 0.585. The maximum atomic E-state index is 13.3. The molecule has 1 atom stereocenters. The standard InChI is InChI=1S/C22H22BrFN8/c1-22(25,15-2-4-18(24)5-3-15)16-11-26-21(27-12-16)31-8-6-30(7-9-31)20-19-10-17(23)13-32(19)29-14-28-20/h2-5,10-14H,6-9,25H2,1H3/t22-/m0/s1. The number of fused-ring (bicyclic) bond motifs is 1. The van der Waals surface area contributed by atoms with Gasteiger partial charge in [-0.3, -0.25) is 0 Å². The zero-order valence-corrected chi connectivity index (χ0v) is 19.1.